The van der Waals surface area contributed by atoms with E-state index < -0.39 is 0 Å². The molecule has 0 heterocycles. The molecule has 2 N–H and O–H groups in total. The number of carbonyl (C=O) groups excluding carboxylic acids is 2. The molecule has 2 amide bonds. The van der Waals surface area contributed by atoms with Crippen LogP contribution in [0.25, 0.3) is 0 Å². The second kappa shape index (κ2) is 9.37. The van der Waals surface area contributed by atoms with Crippen LogP contribution >= 0.6 is 45.2 Å². The monoisotopic (exact) mass is 598 g/mol. The molecule has 5 nitrogen and oxygen atoms in total. The van der Waals surface area contributed by atoms with E-state index in [2.05, 4.69) is 55.8 Å². The van der Waals surface area contributed by atoms with Crippen molar-refractivity contribution in [3.05, 3.63) is 85.0 Å². The molecule has 0 aliphatic carbocycles. The van der Waals surface area contributed by atoms with Crippen molar-refractivity contribution in [2.75, 3.05) is 17.7 Å². The predicted molar refractivity (Wildman–Crippen MR) is 127 cm³/mol. The minimum absolute atomic E-state index is 0.289. The van der Waals surface area contributed by atoms with Crippen LogP contribution in [0.5, 0.6) is 5.75 Å². The van der Waals surface area contributed by atoms with Crippen LogP contribution in [0.1, 0.15) is 20.7 Å². The third-order valence-corrected chi connectivity index (χ3v) is 5.21. The van der Waals surface area contributed by atoms with Crippen LogP contribution in [0.15, 0.2) is 66.7 Å². The van der Waals surface area contributed by atoms with Crippen molar-refractivity contribution in [1.29, 1.82) is 0 Å². The number of amides is 2. The number of hydrogen-bond acceptors (Lipinski definition) is 3. The zero-order chi connectivity index (χ0) is 20.1. The Kier molecular flexibility index (Phi) is 6.89. The van der Waals surface area contributed by atoms with Gasteiger partial charge >= 0.3 is 0 Å². The molecule has 3 aromatic carbocycles. The number of hydrogen-bond donors (Lipinski definition) is 2. The summed E-state index contributed by atoms with van der Waals surface area (Å²) >= 11 is 4.36. The summed E-state index contributed by atoms with van der Waals surface area (Å²) in [5, 5.41) is 5.68. The van der Waals surface area contributed by atoms with Crippen molar-refractivity contribution in [2.45, 2.75) is 0 Å². The number of ether oxygens (including phenoxy) is 1. The standard InChI is InChI=1S/C21H16I2N2O3/c1-28-19-9-8-13(20(26)24-16-6-2-4-14(22)11-16)10-18(19)21(27)25-17-7-3-5-15(23)12-17/h2-12H,1H3,(H,24,26)(H,25,27). The van der Waals surface area contributed by atoms with Crippen molar-refractivity contribution < 1.29 is 14.3 Å². The second-order valence-corrected chi connectivity index (χ2v) is 8.34. The molecule has 0 radical (unpaired) electrons. The first kappa shape index (κ1) is 20.6. The number of rotatable bonds is 5. The molecule has 3 aromatic rings. The molecule has 0 atom stereocenters. The summed E-state index contributed by atoms with van der Waals surface area (Å²) in [5.41, 5.74) is 2.02. The van der Waals surface area contributed by atoms with E-state index in [1.54, 1.807) is 18.2 Å². The molecule has 142 valence electrons. The SMILES string of the molecule is COc1ccc(C(=O)Nc2cccc(I)c2)cc1C(=O)Nc1cccc(I)c1. The van der Waals surface area contributed by atoms with Crippen LogP contribution in [0.4, 0.5) is 11.4 Å². The smallest absolute Gasteiger partial charge is 0.259 e. The summed E-state index contributed by atoms with van der Waals surface area (Å²) in [7, 11) is 1.49. The van der Waals surface area contributed by atoms with Gasteiger partial charge in [-0.2, -0.15) is 0 Å². The van der Waals surface area contributed by atoms with E-state index in [-0.39, 0.29) is 17.4 Å². The van der Waals surface area contributed by atoms with Crippen molar-refractivity contribution in [3.8, 4) is 5.75 Å². The Hall–Kier alpha value is -2.14. The van der Waals surface area contributed by atoms with E-state index in [1.807, 2.05) is 42.5 Å². The highest BCUT2D eigenvalue weighted by atomic mass is 127. The highest BCUT2D eigenvalue weighted by Gasteiger charge is 2.16. The summed E-state index contributed by atoms with van der Waals surface area (Å²) in [6.07, 6.45) is 0. The number of benzene rings is 3. The quantitative estimate of drug-likeness (QED) is 0.387. The normalized spacial score (nSPS) is 10.2. The van der Waals surface area contributed by atoms with Gasteiger partial charge in [0.15, 0.2) is 0 Å². The Morgan fingerprint density at radius 2 is 1.36 bits per heavy atom. The van der Waals surface area contributed by atoms with E-state index in [9.17, 15) is 9.59 Å². The largest absolute Gasteiger partial charge is 0.496 e. The summed E-state index contributed by atoms with van der Waals surface area (Å²) in [6, 6.07) is 19.7. The van der Waals surface area contributed by atoms with Gasteiger partial charge in [0.1, 0.15) is 5.75 Å². The molecule has 7 heteroatoms. The maximum absolute atomic E-state index is 12.8. The summed E-state index contributed by atoms with van der Waals surface area (Å²) < 4.78 is 7.33. The van der Waals surface area contributed by atoms with Gasteiger partial charge in [-0.3, -0.25) is 9.59 Å². The van der Waals surface area contributed by atoms with E-state index in [1.165, 1.54) is 13.2 Å². The average molecular weight is 598 g/mol. The minimum Gasteiger partial charge on any atom is -0.496 e. The molecule has 0 aliphatic heterocycles. The first-order valence-corrected chi connectivity index (χ1v) is 10.4. The molecule has 0 spiro atoms. The molecule has 0 fully saturated rings. The summed E-state index contributed by atoms with van der Waals surface area (Å²) in [4.78, 5) is 25.4. The van der Waals surface area contributed by atoms with Gasteiger partial charge < -0.3 is 15.4 Å². The first-order valence-electron chi connectivity index (χ1n) is 8.28. The van der Waals surface area contributed by atoms with E-state index in [0.29, 0.717) is 22.7 Å². The van der Waals surface area contributed by atoms with Crippen molar-refractivity contribution in [1.82, 2.24) is 0 Å². The Balaban J connectivity index is 1.84. The van der Waals surface area contributed by atoms with Crippen LogP contribution in [0, 0.1) is 7.14 Å². The lowest BCUT2D eigenvalue weighted by atomic mass is 10.1. The van der Waals surface area contributed by atoms with Crippen LogP contribution in [0.2, 0.25) is 0 Å². The number of methoxy groups -OCH3 is 1. The molecule has 0 saturated carbocycles. The van der Waals surface area contributed by atoms with Gasteiger partial charge in [-0.05, 0) is 99.8 Å². The second-order valence-electron chi connectivity index (χ2n) is 5.84. The Morgan fingerprint density at radius 1 is 0.786 bits per heavy atom. The third-order valence-electron chi connectivity index (χ3n) is 3.87. The highest BCUT2D eigenvalue weighted by Crippen LogP contribution is 2.23. The van der Waals surface area contributed by atoms with Crippen LogP contribution < -0.4 is 15.4 Å². The molecular weight excluding hydrogens is 582 g/mol. The van der Waals surface area contributed by atoms with Crippen LogP contribution in [-0.2, 0) is 0 Å². The van der Waals surface area contributed by atoms with Gasteiger partial charge in [-0.15, -0.1) is 0 Å². The molecule has 0 aromatic heterocycles. The fourth-order valence-electron chi connectivity index (χ4n) is 2.56. The van der Waals surface area contributed by atoms with Crippen LogP contribution in [-0.4, -0.2) is 18.9 Å². The van der Waals surface area contributed by atoms with Crippen molar-refractivity contribution in [2.24, 2.45) is 0 Å². The molecule has 0 bridgehead atoms. The Morgan fingerprint density at radius 3 is 1.89 bits per heavy atom. The molecule has 0 unspecified atom stereocenters. The number of nitrogens with one attached hydrogen (secondary N) is 2. The zero-order valence-corrected chi connectivity index (χ0v) is 19.1. The minimum atomic E-state index is -0.345. The first-order chi connectivity index (χ1) is 13.5. The number of anilines is 2. The van der Waals surface area contributed by atoms with E-state index in [4.69, 9.17) is 4.74 Å². The average Bonchev–Trinajstić information content (AvgIpc) is 2.67. The molecule has 0 saturated heterocycles. The Labute approximate surface area is 190 Å². The van der Waals surface area contributed by atoms with Gasteiger partial charge in [0.05, 0.1) is 12.7 Å². The molecular formula is C21H16I2N2O3. The van der Waals surface area contributed by atoms with E-state index in [0.717, 1.165) is 7.14 Å². The fourth-order valence-corrected chi connectivity index (χ4v) is 3.65. The van der Waals surface area contributed by atoms with Gasteiger partial charge in [-0.1, -0.05) is 12.1 Å². The lowest BCUT2D eigenvalue weighted by molar-refractivity contribution is 0.102. The number of halogens is 2. The molecule has 28 heavy (non-hydrogen) atoms. The lowest BCUT2D eigenvalue weighted by Gasteiger charge is -2.12. The molecule has 3 rings (SSSR count). The molecule has 0 aliphatic rings. The highest BCUT2D eigenvalue weighted by molar-refractivity contribution is 14.1. The van der Waals surface area contributed by atoms with Crippen molar-refractivity contribution >= 4 is 68.4 Å². The topological polar surface area (TPSA) is 67.4 Å². The summed E-state index contributed by atoms with van der Waals surface area (Å²) in [5.74, 6) is -0.246. The van der Waals surface area contributed by atoms with Gasteiger partial charge in [0, 0.05) is 24.1 Å². The van der Waals surface area contributed by atoms with Crippen molar-refractivity contribution in [3.63, 3.8) is 0 Å². The maximum Gasteiger partial charge on any atom is 0.259 e. The van der Waals surface area contributed by atoms with E-state index >= 15 is 0 Å². The number of carbonyl (C=O) groups is 2. The zero-order valence-electron chi connectivity index (χ0n) is 14.8. The van der Waals surface area contributed by atoms with Gasteiger partial charge in [0.2, 0.25) is 0 Å². The maximum atomic E-state index is 12.8. The van der Waals surface area contributed by atoms with Gasteiger partial charge in [-0.25, -0.2) is 0 Å². The predicted octanol–water partition coefficient (Wildman–Crippen LogP) is 5.41. The van der Waals surface area contributed by atoms with Gasteiger partial charge in [0.25, 0.3) is 11.8 Å². The third kappa shape index (κ3) is 5.22. The lowest BCUT2D eigenvalue weighted by Crippen LogP contribution is -2.16. The fraction of sp³-hybridized carbons (Fsp3) is 0.0476. The Bertz CT molecular complexity index is 1040. The summed E-state index contributed by atoms with van der Waals surface area (Å²) in [6.45, 7) is 0. The van der Waals surface area contributed by atoms with Crippen LogP contribution in [0.3, 0.4) is 0 Å².